The van der Waals surface area contributed by atoms with Gasteiger partial charge in [0.25, 0.3) is 0 Å². The van der Waals surface area contributed by atoms with Crippen LogP contribution in [0.5, 0.6) is 0 Å². The molecule has 1 rings (SSSR count). The maximum absolute atomic E-state index is 11.5. The molecule has 16 heavy (non-hydrogen) atoms. The van der Waals surface area contributed by atoms with E-state index >= 15 is 0 Å². The van der Waals surface area contributed by atoms with Gasteiger partial charge in [0.1, 0.15) is 0 Å². The van der Waals surface area contributed by atoms with E-state index in [0.717, 1.165) is 0 Å². The highest BCUT2D eigenvalue weighted by atomic mass is 16.2. The number of amides is 2. The van der Waals surface area contributed by atoms with E-state index in [1.165, 1.54) is 0 Å². The monoisotopic (exact) mass is 227 g/mol. The lowest BCUT2D eigenvalue weighted by Crippen LogP contribution is -2.41. The van der Waals surface area contributed by atoms with Crippen molar-refractivity contribution < 1.29 is 9.59 Å². The number of rotatable bonds is 4. The summed E-state index contributed by atoms with van der Waals surface area (Å²) in [6.07, 6.45) is 0.848. The van der Waals surface area contributed by atoms with Crippen LogP contribution in [-0.2, 0) is 9.59 Å². The largest absolute Gasteiger partial charge is 0.354 e. The summed E-state index contributed by atoms with van der Waals surface area (Å²) in [5.74, 6) is 0.0105. The van der Waals surface area contributed by atoms with Crippen LogP contribution in [0.1, 0.15) is 33.6 Å². The van der Waals surface area contributed by atoms with E-state index in [0.29, 0.717) is 25.9 Å². The first-order valence-corrected chi connectivity index (χ1v) is 5.68. The van der Waals surface area contributed by atoms with E-state index in [1.54, 1.807) is 0 Å². The Hall–Kier alpha value is -1.10. The summed E-state index contributed by atoms with van der Waals surface area (Å²) in [4.78, 5) is 22.4. The van der Waals surface area contributed by atoms with Crippen LogP contribution in [0.15, 0.2) is 0 Å². The molecule has 92 valence electrons. The lowest BCUT2D eigenvalue weighted by atomic mass is 10.1. The highest BCUT2D eigenvalue weighted by Gasteiger charge is 2.22. The number of carbonyl (C=O) groups is 2. The van der Waals surface area contributed by atoms with E-state index in [-0.39, 0.29) is 23.4 Å². The Morgan fingerprint density at radius 3 is 2.69 bits per heavy atom. The van der Waals surface area contributed by atoms with E-state index < -0.39 is 0 Å². The molecule has 5 heteroatoms. The van der Waals surface area contributed by atoms with E-state index in [1.807, 2.05) is 0 Å². The van der Waals surface area contributed by atoms with Gasteiger partial charge in [0.2, 0.25) is 11.8 Å². The first-order chi connectivity index (χ1) is 7.37. The summed E-state index contributed by atoms with van der Waals surface area (Å²) in [5.41, 5.74) is 0.0329. The summed E-state index contributed by atoms with van der Waals surface area (Å²) in [6, 6.07) is -0.0327. The minimum atomic E-state index is -0.0327. The molecule has 0 aromatic carbocycles. The SMILES string of the molecule is CC(C)(C)NCCC(=O)NC1CNC(=O)C1. The van der Waals surface area contributed by atoms with Gasteiger partial charge in [0, 0.05) is 31.5 Å². The molecule has 0 aliphatic carbocycles. The van der Waals surface area contributed by atoms with Gasteiger partial charge < -0.3 is 16.0 Å². The summed E-state index contributed by atoms with van der Waals surface area (Å²) < 4.78 is 0. The lowest BCUT2D eigenvalue weighted by Gasteiger charge is -2.20. The molecule has 1 fully saturated rings. The van der Waals surface area contributed by atoms with Crippen LogP contribution in [0.4, 0.5) is 0 Å². The van der Waals surface area contributed by atoms with E-state index in [4.69, 9.17) is 0 Å². The van der Waals surface area contributed by atoms with E-state index in [9.17, 15) is 9.59 Å². The third kappa shape index (κ3) is 5.11. The fourth-order valence-electron chi connectivity index (χ4n) is 1.56. The van der Waals surface area contributed by atoms with Crippen molar-refractivity contribution in [3.63, 3.8) is 0 Å². The molecule has 2 amide bonds. The van der Waals surface area contributed by atoms with Crippen LogP contribution in [0.25, 0.3) is 0 Å². The Morgan fingerprint density at radius 1 is 1.50 bits per heavy atom. The molecule has 0 bridgehead atoms. The fourth-order valence-corrected chi connectivity index (χ4v) is 1.56. The Bertz CT molecular complexity index is 271. The van der Waals surface area contributed by atoms with Gasteiger partial charge in [-0.1, -0.05) is 0 Å². The quantitative estimate of drug-likeness (QED) is 0.621. The highest BCUT2D eigenvalue weighted by molar-refractivity contribution is 5.82. The predicted molar refractivity (Wildman–Crippen MR) is 61.9 cm³/mol. The minimum absolute atomic E-state index is 0.00162. The van der Waals surface area contributed by atoms with Gasteiger partial charge in [0.15, 0.2) is 0 Å². The van der Waals surface area contributed by atoms with Crippen LogP contribution in [-0.4, -0.2) is 36.5 Å². The Kier molecular flexibility index (Phi) is 4.29. The zero-order chi connectivity index (χ0) is 12.2. The summed E-state index contributed by atoms with van der Waals surface area (Å²) in [7, 11) is 0. The molecular weight excluding hydrogens is 206 g/mol. The molecule has 0 saturated carbocycles. The van der Waals surface area contributed by atoms with Crippen LogP contribution in [0.2, 0.25) is 0 Å². The molecule has 0 aromatic heterocycles. The molecule has 1 saturated heterocycles. The van der Waals surface area contributed by atoms with Crippen LogP contribution < -0.4 is 16.0 Å². The summed E-state index contributed by atoms with van der Waals surface area (Å²) >= 11 is 0. The standard InChI is InChI=1S/C11H21N3O2/c1-11(2,3)13-5-4-9(15)14-8-6-10(16)12-7-8/h8,13H,4-7H2,1-3H3,(H,12,16)(H,14,15). The van der Waals surface area contributed by atoms with Crippen molar-refractivity contribution in [2.45, 2.75) is 45.2 Å². The number of nitrogens with one attached hydrogen (secondary N) is 3. The molecule has 1 aliphatic heterocycles. The third-order valence-electron chi connectivity index (χ3n) is 2.35. The van der Waals surface area contributed by atoms with Crippen molar-refractivity contribution in [1.29, 1.82) is 0 Å². The second-order valence-corrected chi connectivity index (χ2v) is 5.20. The molecule has 1 unspecified atom stereocenters. The van der Waals surface area contributed by atoms with Crippen molar-refractivity contribution in [2.24, 2.45) is 0 Å². The van der Waals surface area contributed by atoms with Crippen molar-refractivity contribution in [1.82, 2.24) is 16.0 Å². The second-order valence-electron chi connectivity index (χ2n) is 5.20. The van der Waals surface area contributed by atoms with Crippen molar-refractivity contribution in [3.8, 4) is 0 Å². The summed E-state index contributed by atoms with van der Waals surface area (Å²) in [5, 5.41) is 8.76. The third-order valence-corrected chi connectivity index (χ3v) is 2.35. The molecular formula is C11H21N3O2. The Balaban J connectivity index is 2.14. The normalized spacial score (nSPS) is 20.7. The molecule has 1 aliphatic rings. The Morgan fingerprint density at radius 2 is 2.19 bits per heavy atom. The van der Waals surface area contributed by atoms with Crippen molar-refractivity contribution >= 4 is 11.8 Å². The van der Waals surface area contributed by atoms with Crippen LogP contribution in [0.3, 0.4) is 0 Å². The zero-order valence-electron chi connectivity index (χ0n) is 10.2. The topological polar surface area (TPSA) is 70.2 Å². The van der Waals surface area contributed by atoms with Gasteiger partial charge in [-0.3, -0.25) is 9.59 Å². The zero-order valence-corrected chi connectivity index (χ0v) is 10.2. The van der Waals surface area contributed by atoms with Gasteiger partial charge >= 0.3 is 0 Å². The number of hydrogen-bond acceptors (Lipinski definition) is 3. The molecule has 1 heterocycles. The smallest absolute Gasteiger partial charge is 0.222 e. The minimum Gasteiger partial charge on any atom is -0.354 e. The van der Waals surface area contributed by atoms with Gasteiger partial charge in [-0.05, 0) is 20.8 Å². The summed E-state index contributed by atoms with van der Waals surface area (Å²) in [6.45, 7) is 7.39. The fraction of sp³-hybridized carbons (Fsp3) is 0.818. The van der Waals surface area contributed by atoms with Gasteiger partial charge in [-0.2, -0.15) is 0 Å². The van der Waals surface area contributed by atoms with Gasteiger partial charge in [-0.15, -0.1) is 0 Å². The molecule has 1 atom stereocenters. The average molecular weight is 227 g/mol. The lowest BCUT2D eigenvalue weighted by molar-refractivity contribution is -0.121. The molecule has 3 N–H and O–H groups in total. The van der Waals surface area contributed by atoms with E-state index in [2.05, 4.69) is 36.7 Å². The molecule has 0 radical (unpaired) electrons. The first kappa shape index (κ1) is 13.0. The second kappa shape index (κ2) is 5.30. The van der Waals surface area contributed by atoms with Crippen LogP contribution in [0, 0.1) is 0 Å². The van der Waals surface area contributed by atoms with Gasteiger partial charge in [0.05, 0.1) is 6.04 Å². The highest BCUT2D eigenvalue weighted by Crippen LogP contribution is 2.00. The molecule has 0 spiro atoms. The van der Waals surface area contributed by atoms with Crippen LogP contribution >= 0.6 is 0 Å². The predicted octanol–water partition coefficient (Wildman–Crippen LogP) is -0.231. The van der Waals surface area contributed by atoms with Crippen molar-refractivity contribution in [3.05, 3.63) is 0 Å². The van der Waals surface area contributed by atoms with Gasteiger partial charge in [-0.25, -0.2) is 0 Å². The number of carbonyl (C=O) groups excluding carboxylic acids is 2. The maximum atomic E-state index is 11.5. The average Bonchev–Trinajstić information content (AvgIpc) is 2.48. The Labute approximate surface area is 96.4 Å². The molecule has 0 aromatic rings. The molecule has 5 nitrogen and oxygen atoms in total. The maximum Gasteiger partial charge on any atom is 0.222 e. The first-order valence-electron chi connectivity index (χ1n) is 5.68. The number of hydrogen-bond donors (Lipinski definition) is 3. The van der Waals surface area contributed by atoms with Crippen molar-refractivity contribution in [2.75, 3.05) is 13.1 Å².